The molecule has 5 heteroatoms. The van der Waals surface area contributed by atoms with Crippen molar-refractivity contribution in [3.63, 3.8) is 0 Å². The fraction of sp³-hybridized carbons (Fsp3) is 0.545. The standard InChI is InChI=1S/C11H14BrNO2S/c1-7-6-9(16-10(7)12)11(14)13-15-8-4-2-3-5-8/h6,8H,2-5H2,1H3,(H,13,14). The summed E-state index contributed by atoms with van der Waals surface area (Å²) >= 11 is 4.83. The van der Waals surface area contributed by atoms with Crippen LogP contribution >= 0.6 is 27.3 Å². The van der Waals surface area contributed by atoms with E-state index in [1.165, 1.54) is 24.2 Å². The number of amides is 1. The number of aryl methyl sites for hydroxylation is 1. The van der Waals surface area contributed by atoms with E-state index in [0.29, 0.717) is 4.88 Å². The number of nitrogens with one attached hydrogen (secondary N) is 1. The summed E-state index contributed by atoms with van der Waals surface area (Å²) < 4.78 is 0.999. The molecular weight excluding hydrogens is 290 g/mol. The van der Waals surface area contributed by atoms with Gasteiger partial charge in [0.25, 0.3) is 5.91 Å². The summed E-state index contributed by atoms with van der Waals surface area (Å²) in [6.45, 7) is 1.97. The molecule has 1 amide bonds. The first-order valence-corrected chi connectivity index (χ1v) is 6.99. The molecule has 0 aromatic carbocycles. The van der Waals surface area contributed by atoms with Crippen LogP contribution in [-0.4, -0.2) is 12.0 Å². The van der Waals surface area contributed by atoms with Crippen molar-refractivity contribution in [1.82, 2.24) is 5.48 Å². The van der Waals surface area contributed by atoms with Gasteiger partial charge < -0.3 is 0 Å². The lowest BCUT2D eigenvalue weighted by Crippen LogP contribution is -2.27. The van der Waals surface area contributed by atoms with E-state index in [1.807, 2.05) is 13.0 Å². The second-order valence-corrected chi connectivity index (χ2v) is 6.39. The number of carbonyl (C=O) groups excluding carboxylic acids is 1. The van der Waals surface area contributed by atoms with Crippen LogP contribution in [0.1, 0.15) is 40.9 Å². The lowest BCUT2D eigenvalue weighted by atomic mass is 10.3. The molecule has 1 N–H and O–H groups in total. The third-order valence-electron chi connectivity index (χ3n) is 2.70. The Hall–Kier alpha value is -0.390. The van der Waals surface area contributed by atoms with Crippen LogP contribution in [0.3, 0.4) is 0 Å². The van der Waals surface area contributed by atoms with E-state index < -0.39 is 0 Å². The molecule has 1 fully saturated rings. The molecule has 1 aromatic heterocycles. The van der Waals surface area contributed by atoms with Crippen molar-refractivity contribution in [2.75, 3.05) is 0 Å². The highest BCUT2D eigenvalue weighted by atomic mass is 79.9. The lowest BCUT2D eigenvalue weighted by molar-refractivity contribution is -0.0122. The van der Waals surface area contributed by atoms with Crippen LogP contribution in [0.2, 0.25) is 0 Å². The minimum Gasteiger partial charge on any atom is -0.270 e. The second kappa shape index (κ2) is 5.29. The highest BCUT2D eigenvalue weighted by molar-refractivity contribution is 9.11. The third kappa shape index (κ3) is 2.84. The average molecular weight is 304 g/mol. The predicted molar refractivity (Wildman–Crippen MR) is 67.6 cm³/mol. The van der Waals surface area contributed by atoms with Gasteiger partial charge in [-0.2, -0.15) is 0 Å². The molecule has 0 radical (unpaired) electrons. The van der Waals surface area contributed by atoms with Gasteiger partial charge in [0.05, 0.1) is 14.8 Å². The maximum atomic E-state index is 11.7. The quantitative estimate of drug-likeness (QED) is 0.869. The van der Waals surface area contributed by atoms with Gasteiger partial charge in [-0.15, -0.1) is 11.3 Å². The van der Waals surface area contributed by atoms with Gasteiger partial charge in [-0.05, 0) is 47.3 Å². The summed E-state index contributed by atoms with van der Waals surface area (Å²) in [5.74, 6) is -0.148. The van der Waals surface area contributed by atoms with E-state index in [1.54, 1.807) is 0 Å². The zero-order chi connectivity index (χ0) is 11.5. The highest BCUT2D eigenvalue weighted by Crippen LogP contribution is 2.27. The molecule has 1 aliphatic carbocycles. The van der Waals surface area contributed by atoms with E-state index in [4.69, 9.17) is 4.84 Å². The lowest BCUT2D eigenvalue weighted by Gasteiger charge is -2.10. The molecule has 1 aromatic rings. The van der Waals surface area contributed by atoms with Gasteiger partial charge in [-0.1, -0.05) is 12.8 Å². The Balaban J connectivity index is 1.87. The minimum absolute atomic E-state index is 0.148. The van der Waals surface area contributed by atoms with Crippen LogP contribution in [0, 0.1) is 6.92 Å². The van der Waals surface area contributed by atoms with Crippen molar-refractivity contribution >= 4 is 33.2 Å². The Morgan fingerprint density at radius 1 is 1.56 bits per heavy atom. The molecule has 0 bridgehead atoms. The molecule has 0 saturated heterocycles. The Kier molecular flexibility index (Phi) is 4.00. The van der Waals surface area contributed by atoms with E-state index >= 15 is 0 Å². The van der Waals surface area contributed by atoms with Gasteiger partial charge in [0.2, 0.25) is 0 Å². The van der Waals surface area contributed by atoms with Crippen molar-refractivity contribution < 1.29 is 9.63 Å². The van der Waals surface area contributed by atoms with Crippen LogP contribution in [0.15, 0.2) is 9.85 Å². The maximum Gasteiger partial charge on any atom is 0.284 e. The fourth-order valence-corrected chi connectivity index (χ4v) is 3.19. The van der Waals surface area contributed by atoms with Crippen LogP contribution < -0.4 is 5.48 Å². The molecule has 0 atom stereocenters. The molecule has 1 aliphatic rings. The smallest absolute Gasteiger partial charge is 0.270 e. The largest absolute Gasteiger partial charge is 0.284 e. The summed E-state index contributed by atoms with van der Waals surface area (Å²) in [5.41, 5.74) is 3.61. The first kappa shape index (κ1) is 12.1. The van der Waals surface area contributed by atoms with Crippen LogP contribution in [0.5, 0.6) is 0 Å². The number of hydrogen-bond acceptors (Lipinski definition) is 3. The first-order valence-electron chi connectivity index (χ1n) is 5.39. The van der Waals surface area contributed by atoms with Gasteiger partial charge in [0.15, 0.2) is 0 Å². The van der Waals surface area contributed by atoms with Crippen molar-refractivity contribution in [1.29, 1.82) is 0 Å². The molecule has 2 rings (SSSR count). The molecule has 0 spiro atoms. The van der Waals surface area contributed by atoms with Gasteiger partial charge in [-0.3, -0.25) is 9.63 Å². The molecule has 3 nitrogen and oxygen atoms in total. The SMILES string of the molecule is Cc1cc(C(=O)NOC2CCCC2)sc1Br. The molecule has 1 heterocycles. The summed E-state index contributed by atoms with van der Waals surface area (Å²) in [6.07, 6.45) is 4.70. The molecular formula is C11H14BrNO2S. The molecule has 0 aliphatic heterocycles. The summed E-state index contributed by atoms with van der Waals surface area (Å²) in [5, 5.41) is 0. The first-order chi connectivity index (χ1) is 7.66. The van der Waals surface area contributed by atoms with E-state index in [-0.39, 0.29) is 12.0 Å². The number of hydrogen-bond donors (Lipinski definition) is 1. The molecule has 16 heavy (non-hydrogen) atoms. The molecule has 1 saturated carbocycles. The fourth-order valence-electron chi connectivity index (χ4n) is 1.77. The number of carbonyl (C=O) groups is 1. The predicted octanol–water partition coefficient (Wildman–Crippen LogP) is 3.42. The summed E-state index contributed by atoms with van der Waals surface area (Å²) in [4.78, 5) is 17.8. The Morgan fingerprint density at radius 2 is 2.25 bits per heavy atom. The van der Waals surface area contributed by atoms with Crippen molar-refractivity contribution in [3.8, 4) is 0 Å². The third-order valence-corrected chi connectivity index (χ3v) is 4.84. The summed E-state index contributed by atoms with van der Waals surface area (Å²) in [6, 6.07) is 1.86. The Morgan fingerprint density at radius 3 is 2.81 bits per heavy atom. The maximum absolute atomic E-state index is 11.7. The van der Waals surface area contributed by atoms with E-state index in [0.717, 1.165) is 22.2 Å². The van der Waals surface area contributed by atoms with Crippen LogP contribution in [0.4, 0.5) is 0 Å². The van der Waals surface area contributed by atoms with E-state index in [2.05, 4.69) is 21.4 Å². The number of thiophene rings is 1. The van der Waals surface area contributed by atoms with Crippen LogP contribution in [0.25, 0.3) is 0 Å². The van der Waals surface area contributed by atoms with Crippen molar-refractivity contribution in [2.24, 2.45) is 0 Å². The molecule has 88 valence electrons. The summed E-state index contributed by atoms with van der Waals surface area (Å²) in [7, 11) is 0. The normalized spacial score (nSPS) is 16.6. The number of halogens is 1. The number of rotatable bonds is 3. The number of hydroxylamine groups is 1. The van der Waals surface area contributed by atoms with Crippen molar-refractivity contribution in [2.45, 2.75) is 38.7 Å². The Bertz CT molecular complexity index is 366. The zero-order valence-electron chi connectivity index (χ0n) is 9.09. The molecule has 0 unspecified atom stereocenters. The van der Waals surface area contributed by atoms with Gasteiger partial charge in [0.1, 0.15) is 0 Å². The highest BCUT2D eigenvalue weighted by Gasteiger charge is 2.18. The minimum atomic E-state index is -0.148. The zero-order valence-corrected chi connectivity index (χ0v) is 11.5. The monoisotopic (exact) mass is 303 g/mol. The topological polar surface area (TPSA) is 38.3 Å². The average Bonchev–Trinajstić information content (AvgIpc) is 2.86. The Labute approximate surface area is 107 Å². The van der Waals surface area contributed by atoms with Gasteiger partial charge >= 0.3 is 0 Å². The van der Waals surface area contributed by atoms with Gasteiger partial charge in [0, 0.05) is 0 Å². The van der Waals surface area contributed by atoms with E-state index in [9.17, 15) is 4.79 Å². The second-order valence-electron chi connectivity index (χ2n) is 4.02. The van der Waals surface area contributed by atoms with Crippen molar-refractivity contribution in [3.05, 3.63) is 20.3 Å². The van der Waals surface area contributed by atoms with Gasteiger partial charge in [-0.25, -0.2) is 5.48 Å². The van der Waals surface area contributed by atoms with Crippen LogP contribution in [-0.2, 0) is 4.84 Å².